The molecule has 0 unspecified atom stereocenters. The number of nitrogens with zero attached hydrogens (tertiary/aromatic N) is 2. The minimum atomic E-state index is -0.565. The number of rotatable bonds is 1. The molecule has 5 heteroatoms. The van der Waals surface area contributed by atoms with E-state index in [1.54, 1.807) is 0 Å². The lowest BCUT2D eigenvalue weighted by Gasteiger charge is -2.14. The summed E-state index contributed by atoms with van der Waals surface area (Å²) >= 11 is 0. The minimum Gasteiger partial charge on any atom is -0.338 e. The molecular weight excluding hydrogens is 208 g/mol. The monoisotopic (exact) mass is 218 g/mol. The van der Waals surface area contributed by atoms with Crippen LogP contribution in [0.5, 0.6) is 0 Å². The zero-order valence-electron chi connectivity index (χ0n) is 8.93. The smallest absolute Gasteiger partial charge is 0.329 e. The van der Waals surface area contributed by atoms with Crippen LogP contribution in [0.1, 0.15) is 22.8 Å². The Morgan fingerprint density at radius 1 is 1.31 bits per heavy atom. The summed E-state index contributed by atoms with van der Waals surface area (Å²) in [5.74, 6) is -1.01. The highest BCUT2D eigenvalue weighted by molar-refractivity contribution is 5.94. The lowest BCUT2D eigenvalue weighted by Crippen LogP contribution is -2.28. The molecule has 0 aliphatic rings. The Hall–Kier alpha value is -2.35. The Balaban J connectivity index is 2.80. The first kappa shape index (κ1) is 11.7. The molecule has 5 nitrogen and oxygen atoms in total. The Morgan fingerprint density at radius 2 is 1.88 bits per heavy atom. The van der Waals surface area contributed by atoms with Crippen molar-refractivity contribution in [2.24, 2.45) is 0 Å². The summed E-state index contributed by atoms with van der Waals surface area (Å²) in [6, 6.07) is 7.99. The molecule has 16 heavy (non-hydrogen) atoms. The average Bonchev–Trinajstić information content (AvgIpc) is 2.27. The van der Waals surface area contributed by atoms with Crippen LogP contribution in [-0.2, 0) is 9.63 Å². The van der Waals surface area contributed by atoms with Crippen LogP contribution in [0.25, 0.3) is 0 Å². The summed E-state index contributed by atoms with van der Waals surface area (Å²) in [5, 5.41) is 9.43. The van der Waals surface area contributed by atoms with Crippen LogP contribution in [0, 0.1) is 11.3 Å². The molecule has 0 radical (unpaired) electrons. The normalized spacial score (nSPS) is 9.06. The van der Waals surface area contributed by atoms with Crippen LogP contribution >= 0.6 is 0 Å². The summed E-state index contributed by atoms with van der Waals surface area (Å²) in [5.41, 5.74) is 0.814. The van der Waals surface area contributed by atoms with Gasteiger partial charge in [0.05, 0.1) is 11.6 Å². The van der Waals surface area contributed by atoms with Crippen LogP contribution < -0.4 is 0 Å². The maximum atomic E-state index is 11.6. The van der Waals surface area contributed by atoms with Crippen molar-refractivity contribution in [1.82, 2.24) is 5.06 Å². The van der Waals surface area contributed by atoms with E-state index in [0.717, 1.165) is 5.06 Å². The Morgan fingerprint density at radius 3 is 2.31 bits per heavy atom. The summed E-state index contributed by atoms with van der Waals surface area (Å²) in [6.07, 6.45) is 0. The van der Waals surface area contributed by atoms with Gasteiger partial charge < -0.3 is 4.84 Å². The number of benzene rings is 1. The van der Waals surface area contributed by atoms with Crippen LogP contribution in [0.4, 0.5) is 0 Å². The molecule has 0 saturated carbocycles. The molecule has 0 aliphatic carbocycles. The minimum absolute atomic E-state index is 0.350. The van der Waals surface area contributed by atoms with E-state index in [2.05, 4.69) is 4.84 Å². The summed E-state index contributed by atoms with van der Waals surface area (Å²) in [6.45, 7) is 1.21. The van der Waals surface area contributed by atoms with Crippen LogP contribution in [0.3, 0.4) is 0 Å². The first-order valence-corrected chi connectivity index (χ1v) is 4.51. The highest BCUT2D eigenvalue weighted by Gasteiger charge is 2.13. The number of carbonyl (C=O) groups excluding carboxylic acids is 2. The van der Waals surface area contributed by atoms with Gasteiger partial charge in [0.2, 0.25) is 0 Å². The third-order valence-corrected chi connectivity index (χ3v) is 1.81. The first-order valence-electron chi connectivity index (χ1n) is 4.51. The highest BCUT2D eigenvalue weighted by Crippen LogP contribution is 2.06. The van der Waals surface area contributed by atoms with Gasteiger partial charge in [-0.25, -0.2) is 0 Å². The summed E-state index contributed by atoms with van der Waals surface area (Å²) in [4.78, 5) is 26.9. The molecule has 0 aliphatic heterocycles. The zero-order chi connectivity index (χ0) is 12.1. The maximum Gasteiger partial charge on any atom is 0.329 e. The Kier molecular flexibility index (Phi) is 3.62. The van der Waals surface area contributed by atoms with Gasteiger partial charge in [0.1, 0.15) is 0 Å². The van der Waals surface area contributed by atoms with Crippen LogP contribution in [0.15, 0.2) is 24.3 Å². The molecule has 1 amide bonds. The van der Waals surface area contributed by atoms with Crippen molar-refractivity contribution in [1.29, 1.82) is 5.26 Å². The fourth-order valence-corrected chi connectivity index (χ4v) is 1.10. The second-order valence-corrected chi connectivity index (χ2v) is 3.07. The lowest BCUT2D eigenvalue weighted by atomic mass is 10.1. The van der Waals surface area contributed by atoms with Crippen molar-refractivity contribution >= 4 is 11.9 Å². The number of carbonyl (C=O) groups is 2. The largest absolute Gasteiger partial charge is 0.338 e. The van der Waals surface area contributed by atoms with Gasteiger partial charge in [-0.2, -0.15) is 10.3 Å². The predicted molar refractivity (Wildman–Crippen MR) is 55.0 cm³/mol. The number of hydrogen-bond acceptors (Lipinski definition) is 4. The van der Waals surface area contributed by atoms with Crippen molar-refractivity contribution in [2.75, 3.05) is 7.05 Å². The molecule has 0 heterocycles. The fraction of sp³-hybridized carbons (Fsp3) is 0.182. The Labute approximate surface area is 92.8 Å². The maximum absolute atomic E-state index is 11.6. The van der Waals surface area contributed by atoms with Gasteiger partial charge in [-0.05, 0) is 24.3 Å². The van der Waals surface area contributed by atoms with Gasteiger partial charge in [-0.1, -0.05) is 0 Å². The van der Waals surface area contributed by atoms with Gasteiger partial charge in [0, 0.05) is 19.5 Å². The van der Waals surface area contributed by atoms with Gasteiger partial charge in [-0.3, -0.25) is 9.59 Å². The molecule has 0 N–H and O–H groups in total. The quantitative estimate of drug-likeness (QED) is 0.662. The van der Waals surface area contributed by atoms with E-state index in [-0.39, 0.29) is 0 Å². The number of amides is 1. The lowest BCUT2D eigenvalue weighted by molar-refractivity contribution is -0.170. The standard InChI is InChI=1S/C11H10N2O3/c1-8(14)16-13(2)11(15)10-5-3-9(7-12)4-6-10/h3-6H,1-2H3. The summed E-state index contributed by atoms with van der Waals surface area (Å²) in [7, 11) is 1.35. The molecule has 0 bridgehead atoms. The number of hydroxylamine groups is 2. The average molecular weight is 218 g/mol. The molecule has 0 fully saturated rings. The van der Waals surface area contributed by atoms with E-state index < -0.39 is 11.9 Å². The van der Waals surface area contributed by atoms with Crippen LogP contribution in [-0.4, -0.2) is 24.0 Å². The molecule has 82 valence electrons. The highest BCUT2D eigenvalue weighted by atomic mass is 16.7. The van der Waals surface area contributed by atoms with E-state index in [0.29, 0.717) is 11.1 Å². The molecule has 1 aromatic carbocycles. The van der Waals surface area contributed by atoms with E-state index in [1.165, 1.54) is 38.2 Å². The van der Waals surface area contributed by atoms with Gasteiger partial charge in [0.15, 0.2) is 0 Å². The van der Waals surface area contributed by atoms with Crippen molar-refractivity contribution in [3.63, 3.8) is 0 Å². The molecule has 1 aromatic rings. The third-order valence-electron chi connectivity index (χ3n) is 1.81. The van der Waals surface area contributed by atoms with Crippen molar-refractivity contribution in [3.05, 3.63) is 35.4 Å². The topological polar surface area (TPSA) is 70.4 Å². The Bertz CT molecular complexity index is 445. The summed E-state index contributed by atoms with van der Waals surface area (Å²) < 4.78 is 0. The fourth-order valence-electron chi connectivity index (χ4n) is 1.10. The SMILES string of the molecule is CC(=O)ON(C)C(=O)c1ccc(C#N)cc1. The van der Waals surface area contributed by atoms with Gasteiger partial charge in [-0.15, -0.1) is 0 Å². The van der Waals surface area contributed by atoms with E-state index >= 15 is 0 Å². The number of hydrogen-bond donors (Lipinski definition) is 0. The number of nitriles is 1. The van der Waals surface area contributed by atoms with Crippen molar-refractivity contribution in [3.8, 4) is 6.07 Å². The van der Waals surface area contributed by atoms with E-state index in [4.69, 9.17) is 5.26 Å². The molecule has 0 aromatic heterocycles. The van der Waals surface area contributed by atoms with Gasteiger partial charge in [0.25, 0.3) is 5.91 Å². The molecular formula is C11H10N2O3. The van der Waals surface area contributed by atoms with Gasteiger partial charge >= 0.3 is 5.97 Å². The van der Waals surface area contributed by atoms with Crippen LogP contribution in [0.2, 0.25) is 0 Å². The van der Waals surface area contributed by atoms with Crippen molar-refractivity contribution in [2.45, 2.75) is 6.92 Å². The first-order chi connectivity index (χ1) is 7.54. The van der Waals surface area contributed by atoms with E-state index in [9.17, 15) is 9.59 Å². The van der Waals surface area contributed by atoms with E-state index in [1.807, 2.05) is 6.07 Å². The second-order valence-electron chi connectivity index (χ2n) is 3.07. The third kappa shape index (κ3) is 2.82. The molecule has 1 rings (SSSR count). The molecule has 0 saturated heterocycles. The molecule has 0 spiro atoms. The zero-order valence-corrected chi connectivity index (χ0v) is 8.93. The predicted octanol–water partition coefficient (Wildman–Crippen LogP) is 1.11. The second kappa shape index (κ2) is 4.94. The van der Waals surface area contributed by atoms with Crippen molar-refractivity contribution < 1.29 is 14.4 Å². The molecule has 0 atom stereocenters.